The van der Waals surface area contributed by atoms with Gasteiger partial charge in [0.1, 0.15) is 0 Å². The number of rotatable bonds is 1. The van der Waals surface area contributed by atoms with Crippen LogP contribution in [0.25, 0.3) is 5.52 Å². The molecule has 2 N–H and O–H groups in total. The quantitative estimate of drug-likeness (QED) is 0.680. The van der Waals surface area contributed by atoms with Crippen molar-refractivity contribution in [2.24, 2.45) is 5.73 Å². The van der Waals surface area contributed by atoms with Gasteiger partial charge in [-0.2, -0.15) is 5.10 Å². The first-order valence-corrected chi connectivity index (χ1v) is 3.94. The average molecular weight is 161 g/mol. The Morgan fingerprint density at radius 3 is 3.08 bits per heavy atom. The molecule has 0 bridgehead atoms. The maximum Gasteiger partial charge on any atom is 0.0667 e. The van der Waals surface area contributed by atoms with Gasteiger partial charge in [-0.3, -0.25) is 0 Å². The molecule has 0 saturated carbocycles. The van der Waals surface area contributed by atoms with E-state index >= 15 is 0 Å². The molecule has 0 amide bonds. The lowest BCUT2D eigenvalue weighted by atomic mass is 10.2. The number of fused-ring (bicyclic) bond motifs is 1. The normalized spacial score (nSPS) is 10.8. The standard InChI is InChI=1S/C9H11N3/c1-7-4-8-2-3-11-12(8)9(5-7)6-10/h2-5H,6,10H2,1H3. The van der Waals surface area contributed by atoms with Crippen molar-refractivity contribution in [2.45, 2.75) is 13.5 Å². The summed E-state index contributed by atoms with van der Waals surface area (Å²) in [7, 11) is 0. The Labute approximate surface area is 70.8 Å². The summed E-state index contributed by atoms with van der Waals surface area (Å²) in [6, 6.07) is 6.12. The van der Waals surface area contributed by atoms with Crippen molar-refractivity contribution in [3.05, 3.63) is 35.7 Å². The van der Waals surface area contributed by atoms with Crippen molar-refractivity contribution in [1.82, 2.24) is 9.61 Å². The molecule has 0 aliphatic carbocycles. The molecule has 3 heteroatoms. The number of aromatic nitrogens is 2. The Hall–Kier alpha value is -1.35. The molecule has 0 saturated heterocycles. The molecule has 2 aromatic rings. The monoisotopic (exact) mass is 161 g/mol. The van der Waals surface area contributed by atoms with E-state index in [2.05, 4.69) is 24.2 Å². The van der Waals surface area contributed by atoms with E-state index in [1.54, 1.807) is 6.20 Å². The van der Waals surface area contributed by atoms with Crippen molar-refractivity contribution >= 4 is 5.52 Å². The molecule has 2 aromatic heterocycles. The highest BCUT2D eigenvalue weighted by atomic mass is 15.2. The van der Waals surface area contributed by atoms with E-state index < -0.39 is 0 Å². The zero-order valence-electron chi connectivity index (χ0n) is 6.99. The molecular weight excluding hydrogens is 150 g/mol. The van der Waals surface area contributed by atoms with Crippen LogP contribution in [0.15, 0.2) is 24.4 Å². The van der Waals surface area contributed by atoms with Gasteiger partial charge in [0.25, 0.3) is 0 Å². The third-order valence-corrected chi connectivity index (χ3v) is 1.92. The molecule has 12 heavy (non-hydrogen) atoms. The van der Waals surface area contributed by atoms with Gasteiger partial charge in [0, 0.05) is 12.7 Å². The van der Waals surface area contributed by atoms with Gasteiger partial charge in [0.15, 0.2) is 0 Å². The largest absolute Gasteiger partial charge is 0.325 e. The molecule has 0 unspecified atom stereocenters. The van der Waals surface area contributed by atoms with Crippen LogP contribution >= 0.6 is 0 Å². The molecule has 3 nitrogen and oxygen atoms in total. The predicted molar refractivity (Wildman–Crippen MR) is 47.8 cm³/mol. The number of nitrogens with zero attached hydrogens (tertiary/aromatic N) is 2. The van der Waals surface area contributed by atoms with Crippen LogP contribution in [-0.2, 0) is 6.54 Å². The van der Waals surface area contributed by atoms with Gasteiger partial charge in [-0.05, 0) is 30.7 Å². The van der Waals surface area contributed by atoms with E-state index in [9.17, 15) is 0 Å². The summed E-state index contributed by atoms with van der Waals surface area (Å²) in [5.41, 5.74) is 8.97. The number of aryl methyl sites for hydroxylation is 1. The van der Waals surface area contributed by atoms with Crippen molar-refractivity contribution in [2.75, 3.05) is 0 Å². The van der Waals surface area contributed by atoms with Gasteiger partial charge in [-0.25, -0.2) is 4.52 Å². The van der Waals surface area contributed by atoms with Crippen LogP contribution in [0.2, 0.25) is 0 Å². The van der Waals surface area contributed by atoms with Crippen LogP contribution in [-0.4, -0.2) is 9.61 Å². The van der Waals surface area contributed by atoms with E-state index in [1.165, 1.54) is 5.56 Å². The molecule has 0 aliphatic rings. The van der Waals surface area contributed by atoms with Crippen LogP contribution in [0, 0.1) is 6.92 Å². The maximum absolute atomic E-state index is 5.58. The van der Waals surface area contributed by atoms with Crippen LogP contribution in [0.5, 0.6) is 0 Å². The minimum Gasteiger partial charge on any atom is -0.325 e. The summed E-state index contributed by atoms with van der Waals surface area (Å²) in [6.07, 6.45) is 1.79. The summed E-state index contributed by atoms with van der Waals surface area (Å²) in [4.78, 5) is 0. The predicted octanol–water partition coefficient (Wildman–Crippen LogP) is 1.10. The van der Waals surface area contributed by atoms with Gasteiger partial charge < -0.3 is 5.73 Å². The van der Waals surface area contributed by atoms with Crippen LogP contribution in [0.4, 0.5) is 0 Å². The van der Waals surface area contributed by atoms with E-state index in [4.69, 9.17) is 5.73 Å². The van der Waals surface area contributed by atoms with Gasteiger partial charge in [-0.15, -0.1) is 0 Å². The Bertz CT molecular complexity index is 403. The molecule has 0 spiro atoms. The SMILES string of the molecule is Cc1cc(CN)n2nccc2c1. The zero-order valence-corrected chi connectivity index (χ0v) is 6.99. The number of pyridine rings is 1. The number of hydrogen-bond acceptors (Lipinski definition) is 2. The first kappa shape index (κ1) is 7.31. The lowest BCUT2D eigenvalue weighted by Gasteiger charge is -2.02. The van der Waals surface area contributed by atoms with Gasteiger partial charge in [0.2, 0.25) is 0 Å². The Kier molecular flexibility index (Phi) is 1.59. The lowest BCUT2D eigenvalue weighted by Crippen LogP contribution is -2.05. The minimum atomic E-state index is 0.528. The fourth-order valence-corrected chi connectivity index (χ4v) is 1.41. The molecule has 0 fully saturated rings. The molecule has 2 heterocycles. The Morgan fingerprint density at radius 1 is 1.50 bits per heavy atom. The summed E-state index contributed by atoms with van der Waals surface area (Å²) in [5.74, 6) is 0. The average Bonchev–Trinajstić information content (AvgIpc) is 2.50. The Balaban J connectivity index is 2.80. The Morgan fingerprint density at radius 2 is 2.33 bits per heavy atom. The minimum absolute atomic E-state index is 0.528. The molecule has 0 aliphatic heterocycles. The van der Waals surface area contributed by atoms with Crippen molar-refractivity contribution in [3.63, 3.8) is 0 Å². The summed E-state index contributed by atoms with van der Waals surface area (Å²) >= 11 is 0. The van der Waals surface area contributed by atoms with Crippen molar-refractivity contribution in [3.8, 4) is 0 Å². The number of hydrogen-bond donors (Lipinski definition) is 1. The third kappa shape index (κ3) is 0.987. The number of nitrogens with two attached hydrogens (primary N) is 1. The topological polar surface area (TPSA) is 43.3 Å². The fraction of sp³-hybridized carbons (Fsp3) is 0.222. The van der Waals surface area contributed by atoms with Gasteiger partial charge >= 0.3 is 0 Å². The molecule has 0 atom stereocenters. The van der Waals surface area contributed by atoms with Crippen molar-refractivity contribution < 1.29 is 0 Å². The van der Waals surface area contributed by atoms with Crippen LogP contribution < -0.4 is 5.73 Å². The second-order valence-electron chi connectivity index (χ2n) is 2.90. The first-order chi connectivity index (χ1) is 5.81. The highest BCUT2D eigenvalue weighted by molar-refractivity contribution is 5.48. The smallest absolute Gasteiger partial charge is 0.0667 e. The van der Waals surface area contributed by atoms with Crippen LogP contribution in [0.1, 0.15) is 11.3 Å². The third-order valence-electron chi connectivity index (χ3n) is 1.92. The van der Waals surface area contributed by atoms with Gasteiger partial charge in [0.05, 0.1) is 11.2 Å². The summed E-state index contributed by atoms with van der Waals surface area (Å²) in [5, 5.41) is 4.17. The molecule has 0 radical (unpaired) electrons. The highest BCUT2D eigenvalue weighted by Gasteiger charge is 1.99. The van der Waals surface area contributed by atoms with Gasteiger partial charge in [-0.1, -0.05) is 0 Å². The molecular formula is C9H11N3. The van der Waals surface area contributed by atoms with E-state index in [-0.39, 0.29) is 0 Å². The first-order valence-electron chi connectivity index (χ1n) is 3.94. The van der Waals surface area contributed by atoms with Crippen molar-refractivity contribution in [1.29, 1.82) is 0 Å². The maximum atomic E-state index is 5.58. The second kappa shape index (κ2) is 2.60. The highest BCUT2D eigenvalue weighted by Crippen LogP contribution is 2.09. The van der Waals surface area contributed by atoms with E-state index in [1.807, 2.05) is 10.6 Å². The van der Waals surface area contributed by atoms with Crippen LogP contribution in [0.3, 0.4) is 0 Å². The zero-order chi connectivity index (χ0) is 8.55. The molecule has 2 rings (SSSR count). The molecule has 0 aromatic carbocycles. The second-order valence-corrected chi connectivity index (χ2v) is 2.90. The van der Waals surface area contributed by atoms with E-state index in [0.717, 1.165) is 11.2 Å². The lowest BCUT2D eigenvalue weighted by molar-refractivity contribution is 0.847. The summed E-state index contributed by atoms with van der Waals surface area (Å²) in [6.45, 7) is 2.59. The fourth-order valence-electron chi connectivity index (χ4n) is 1.41. The molecule has 62 valence electrons. The summed E-state index contributed by atoms with van der Waals surface area (Å²) < 4.78 is 1.87. The van der Waals surface area contributed by atoms with E-state index in [0.29, 0.717) is 6.54 Å².